The van der Waals surface area contributed by atoms with Gasteiger partial charge in [-0.1, -0.05) is 0 Å². The molecule has 0 spiro atoms. The molecule has 3 atom stereocenters. The number of ether oxygens (including phenoxy) is 4. The van der Waals surface area contributed by atoms with E-state index in [0.717, 1.165) is 12.0 Å². The number of aryl methyl sites for hydroxylation is 1. The van der Waals surface area contributed by atoms with Crippen molar-refractivity contribution in [2.45, 2.75) is 31.6 Å². The highest BCUT2D eigenvalue weighted by Gasteiger charge is 2.43. The first kappa shape index (κ1) is 14.9. The molecule has 1 aliphatic rings. The molecule has 112 valence electrons. The first-order valence-corrected chi connectivity index (χ1v) is 6.74. The van der Waals surface area contributed by atoms with Gasteiger partial charge in [0.1, 0.15) is 12.2 Å². The van der Waals surface area contributed by atoms with Crippen molar-refractivity contribution in [1.82, 2.24) is 5.32 Å². The van der Waals surface area contributed by atoms with E-state index in [0.29, 0.717) is 23.3 Å². The molecule has 1 aliphatic carbocycles. The predicted octanol–water partition coefficient (Wildman–Crippen LogP) is 1.77. The van der Waals surface area contributed by atoms with Crippen LogP contribution in [0.1, 0.15) is 12.0 Å². The average Bonchev–Trinajstić information content (AvgIpc) is 2.43. The van der Waals surface area contributed by atoms with Gasteiger partial charge in [0.05, 0.1) is 14.2 Å². The second-order valence-corrected chi connectivity index (χ2v) is 4.99. The fourth-order valence-corrected chi connectivity index (χ4v) is 2.57. The van der Waals surface area contributed by atoms with Crippen molar-refractivity contribution in [3.8, 4) is 17.2 Å². The molecule has 0 radical (unpaired) electrons. The third-order valence-electron chi connectivity index (χ3n) is 3.77. The fourth-order valence-electron chi connectivity index (χ4n) is 2.57. The van der Waals surface area contributed by atoms with E-state index in [2.05, 4.69) is 5.32 Å². The molecule has 0 aromatic heterocycles. The van der Waals surface area contributed by atoms with Crippen molar-refractivity contribution in [2.24, 2.45) is 0 Å². The zero-order valence-electron chi connectivity index (χ0n) is 12.7. The molecule has 20 heavy (non-hydrogen) atoms. The number of hydrogen-bond acceptors (Lipinski definition) is 5. The van der Waals surface area contributed by atoms with E-state index in [1.807, 2.05) is 26.1 Å². The van der Waals surface area contributed by atoms with Crippen LogP contribution in [0.15, 0.2) is 12.1 Å². The largest absolute Gasteiger partial charge is 0.493 e. The Hall–Kier alpha value is -1.46. The lowest BCUT2D eigenvalue weighted by Gasteiger charge is -2.43. The first-order valence-electron chi connectivity index (χ1n) is 6.74. The topological polar surface area (TPSA) is 49.0 Å². The lowest BCUT2D eigenvalue weighted by Crippen LogP contribution is -2.60. The van der Waals surface area contributed by atoms with Crippen LogP contribution in [0.4, 0.5) is 0 Å². The highest BCUT2D eigenvalue weighted by molar-refractivity contribution is 5.53. The summed E-state index contributed by atoms with van der Waals surface area (Å²) in [5, 5.41) is 3.22. The van der Waals surface area contributed by atoms with Crippen LogP contribution in [0.25, 0.3) is 0 Å². The second-order valence-electron chi connectivity index (χ2n) is 4.99. The SMILES string of the molecule is CNC1CC(Oc2c(OC)cc(C)cc2OC)C1OC. The zero-order chi connectivity index (χ0) is 14.7. The monoisotopic (exact) mass is 281 g/mol. The molecule has 0 amide bonds. The van der Waals surface area contributed by atoms with Crippen molar-refractivity contribution in [3.05, 3.63) is 17.7 Å². The Kier molecular flexibility index (Phi) is 4.73. The summed E-state index contributed by atoms with van der Waals surface area (Å²) in [6, 6.07) is 4.20. The van der Waals surface area contributed by atoms with E-state index in [9.17, 15) is 0 Å². The van der Waals surface area contributed by atoms with Crippen LogP contribution >= 0.6 is 0 Å². The molecule has 1 aromatic carbocycles. The maximum Gasteiger partial charge on any atom is 0.203 e. The fraction of sp³-hybridized carbons (Fsp3) is 0.600. The Morgan fingerprint density at radius 1 is 1.10 bits per heavy atom. The Labute approximate surface area is 120 Å². The molecule has 0 heterocycles. The smallest absolute Gasteiger partial charge is 0.203 e. The highest BCUT2D eigenvalue weighted by atomic mass is 16.6. The predicted molar refractivity (Wildman–Crippen MR) is 77.0 cm³/mol. The Balaban J connectivity index is 2.21. The van der Waals surface area contributed by atoms with Gasteiger partial charge in [-0.15, -0.1) is 0 Å². The second kappa shape index (κ2) is 6.33. The molecule has 1 fully saturated rings. The lowest BCUT2D eigenvalue weighted by atomic mass is 9.85. The summed E-state index contributed by atoms with van der Waals surface area (Å²) >= 11 is 0. The van der Waals surface area contributed by atoms with Crippen molar-refractivity contribution in [2.75, 3.05) is 28.4 Å². The van der Waals surface area contributed by atoms with Gasteiger partial charge in [-0.05, 0) is 31.7 Å². The van der Waals surface area contributed by atoms with Gasteiger partial charge in [-0.2, -0.15) is 0 Å². The minimum Gasteiger partial charge on any atom is -0.493 e. The quantitative estimate of drug-likeness (QED) is 0.861. The first-order chi connectivity index (χ1) is 9.64. The molecule has 1 saturated carbocycles. The Morgan fingerprint density at radius 3 is 2.15 bits per heavy atom. The average molecular weight is 281 g/mol. The van der Waals surface area contributed by atoms with E-state index in [-0.39, 0.29) is 12.2 Å². The maximum absolute atomic E-state index is 6.07. The van der Waals surface area contributed by atoms with E-state index < -0.39 is 0 Å². The summed E-state index contributed by atoms with van der Waals surface area (Å²) in [7, 11) is 6.90. The summed E-state index contributed by atoms with van der Waals surface area (Å²) in [4.78, 5) is 0. The number of benzene rings is 1. The molecule has 5 heteroatoms. The number of hydrogen-bond donors (Lipinski definition) is 1. The molecule has 2 rings (SSSR count). The van der Waals surface area contributed by atoms with Crippen LogP contribution in [0, 0.1) is 6.92 Å². The van der Waals surface area contributed by atoms with Gasteiger partial charge in [-0.25, -0.2) is 0 Å². The maximum atomic E-state index is 6.07. The van der Waals surface area contributed by atoms with Gasteiger partial charge in [0.25, 0.3) is 0 Å². The van der Waals surface area contributed by atoms with Crippen LogP contribution in [0.5, 0.6) is 17.2 Å². The number of nitrogens with one attached hydrogen (secondary N) is 1. The summed E-state index contributed by atoms with van der Waals surface area (Å²) in [6.07, 6.45) is 0.938. The molecule has 0 bridgehead atoms. The molecular formula is C15H23NO4. The third-order valence-corrected chi connectivity index (χ3v) is 3.77. The normalized spacial score (nSPS) is 24.9. The molecule has 1 N–H and O–H groups in total. The third kappa shape index (κ3) is 2.69. The Morgan fingerprint density at radius 2 is 1.70 bits per heavy atom. The molecule has 3 unspecified atom stereocenters. The minimum absolute atomic E-state index is 0.00274. The van der Waals surface area contributed by atoms with Gasteiger partial charge in [0.15, 0.2) is 11.5 Å². The van der Waals surface area contributed by atoms with Crippen molar-refractivity contribution in [3.63, 3.8) is 0 Å². The van der Waals surface area contributed by atoms with Crippen LogP contribution in [-0.2, 0) is 4.74 Å². The molecule has 1 aromatic rings. The number of likely N-dealkylation sites (N-methyl/N-ethyl adjacent to an activating group) is 1. The van der Waals surface area contributed by atoms with Crippen molar-refractivity contribution in [1.29, 1.82) is 0 Å². The molecule has 0 saturated heterocycles. The van der Waals surface area contributed by atoms with Crippen molar-refractivity contribution < 1.29 is 18.9 Å². The minimum atomic E-state index is 0.00274. The summed E-state index contributed by atoms with van der Waals surface area (Å²) in [6.45, 7) is 1.99. The van der Waals surface area contributed by atoms with Gasteiger partial charge < -0.3 is 24.3 Å². The van der Waals surface area contributed by atoms with Crippen LogP contribution < -0.4 is 19.5 Å². The molecular weight excluding hydrogens is 258 g/mol. The standard InChI is InChI=1S/C15H23NO4/c1-9-6-11(17-3)15(12(7-9)18-4)20-13-8-10(16-2)14(13)19-5/h6-7,10,13-14,16H,8H2,1-5H3. The van der Waals surface area contributed by atoms with Crippen LogP contribution in [0.3, 0.4) is 0 Å². The molecule has 5 nitrogen and oxygen atoms in total. The lowest BCUT2D eigenvalue weighted by molar-refractivity contribution is -0.0881. The van der Waals surface area contributed by atoms with Crippen LogP contribution in [-0.4, -0.2) is 46.6 Å². The highest BCUT2D eigenvalue weighted by Crippen LogP contribution is 2.41. The zero-order valence-corrected chi connectivity index (χ0v) is 12.7. The van der Waals surface area contributed by atoms with Gasteiger partial charge >= 0.3 is 0 Å². The molecule has 0 aliphatic heterocycles. The van der Waals surface area contributed by atoms with E-state index >= 15 is 0 Å². The summed E-state index contributed by atoms with van der Waals surface area (Å²) in [5.41, 5.74) is 1.07. The summed E-state index contributed by atoms with van der Waals surface area (Å²) in [5.74, 6) is 2.01. The van der Waals surface area contributed by atoms with Crippen molar-refractivity contribution >= 4 is 0 Å². The van der Waals surface area contributed by atoms with Crippen LogP contribution in [0.2, 0.25) is 0 Å². The van der Waals surface area contributed by atoms with Gasteiger partial charge in [0, 0.05) is 19.6 Å². The number of rotatable bonds is 6. The number of methoxy groups -OCH3 is 3. The Bertz CT molecular complexity index is 438. The van der Waals surface area contributed by atoms with Gasteiger partial charge in [0.2, 0.25) is 5.75 Å². The summed E-state index contributed by atoms with van der Waals surface area (Å²) < 4.78 is 22.3. The van der Waals surface area contributed by atoms with E-state index in [1.165, 1.54) is 0 Å². The van der Waals surface area contributed by atoms with E-state index in [4.69, 9.17) is 18.9 Å². The van der Waals surface area contributed by atoms with Gasteiger partial charge in [-0.3, -0.25) is 0 Å². The van der Waals surface area contributed by atoms with E-state index in [1.54, 1.807) is 21.3 Å².